The van der Waals surface area contributed by atoms with E-state index in [9.17, 15) is 9.59 Å². The Morgan fingerprint density at radius 2 is 1.88 bits per heavy atom. The molecule has 1 aromatic carbocycles. The third-order valence-corrected chi connectivity index (χ3v) is 4.43. The number of nitrogens with one attached hydrogen (secondary N) is 1. The number of amides is 2. The molecule has 0 saturated carbocycles. The van der Waals surface area contributed by atoms with Gasteiger partial charge in [0.15, 0.2) is 0 Å². The highest BCUT2D eigenvalue weighted by molar-refractivity contribution is 8.18. The Bertz CT molecular complexity index is 791. The van der Waals surface area contributed by atoms with Crippen LogP contribution < -0.4 is 15.0 Å². The van der Waals surface area contributed by atoms with Gasteiger partial charge >= 0.3 is 0 Å². The van der Waals surface area contributed by atoms with E-state index < -0.39 is 0 Å². The molecule has 128 valence electrons. The number of aromatic nitrogens is 1. The molecule has 1 N–H and O–H groups in total. The molecule has 25 heavy (non-hydrogen) atoms. The smallest absolute Gasteiger partial charge is 0.290 e. The number of likely N-dealkylation sites (N-methyl/N-ethyl adjacent to an activating group) is 1. The van der Waals surface area contributed by atoms with Gasteiger partial charge in [0.1, 0.15) is 12.4 Å². The molecule has 2 amide bonds. The van der Waals surface area contributed by atoms with E-state index in [4.69, 9.17) is 4.74 Å². The summed E-state index contributed by atoms with van der Waals surface area (Å²) >= 11 is 0.908. The number of ether oxygens (including phenoxy) is 1. The Balaban J connectivity index is 1.52. The summed E-state index contributed by atoms with van der Waals surface area (Å²) < 4.78 is 5.74. The summed E-state index contributed by atoms with van der Waals surface area (Å²) in [6, 6.07) is 11.3. The van der Waals surface area contributed by atoms with Crippen molar-refractivity contribution in [1.29, 1.82) is 0 Å². The van der Waals surface area contributed by atoms with Crippen LogP contribution in [-0.4, -0.2) is 36.3 Å². The normalized spacial score (nSPS) is 15.3. The first kappa shape index (κ1) is 17.0. The minimum Gasteiger partial charge on any atom is -0.492 e. The molecule has 6 nitrogen and oxygen atoms in total. The molecule has 1 aromatic heterocycles. The van der Waals surface area contributed by atoms with Gasteiger partial charge in [-0.25, -0.2) is 0 Å². The third-order valence-electron chi connectivity index (χ3n) is 3.62. The zero-order valence-electron chi connectivity index (χ0n) is 13.6. The molecule has 0 atom stereocenters. The van der Waals surface area contributed by atoms with Crippen LogP contribution >= 0.6 is 11.8 Å². The van der Waals surface area contributed by atoms with Crippen molar-refractivity contribution in [2.45, 2.75) is 0 Å². The van der Waals surface area contributed by atoms with Gasteiger partial charge in [-0.15, -0.1) is 0 Å². The largest absolute Gasteiger partial charge is 0.492 e. The summed E-state index contributed by atoms with van der Waals surface area (Å²) in [6.45, 7) is 1.29. The highest BCUT2D eigenvalue weighted by Crippen LogP contribution is 2.26. The topological polar surface area (TPSA) is 71.5 Å². The van der Waals surface area contributed by atoms with E-state index in [1.807, 2.05) is 43.4 Å². The van der Waals surface area contributed by atoms with E-state index in [-0.39, 0.29) is 11.1 Å². The minimum atomic E-state index is -0.352. The number of rotatable bonds is 6. The van der Waals surface area contributed by atoms with E-state index in [1.165, 1.54) is 0 Å². The van der Waals surface area contributed by atoms with E-state index in [2.05, 4.69) is 15.2 Å². The molecule has 7 heteroatoms. The van der Waals surface area contributed by atoms with Gasteiger partial charge in [0.25, 0.3) is 11.1 Å². The minimum absolute atomic E-state index is 0.338. The third kappa shape index (κ3) is 4.60. The number of imide groups is 1. The van der Waals surface area contributed by atoms with Crippen molar-refractivity contribution in [1.82, 2.24) is 10.3 Å². The summed E-state index contributed by atoms with van der Waals surface area (Å²) in [5, 5.41) is 1.90. The molecule has 1 aliphatic heterocycles. The number of carbonyl (C=O) groups is 2. The van der Waals surface area contributed by atoms with Gasteiger partial charge in [0, 0.05) is 25.1 Å². The lowest BCUT2D eigenvalue weighted by Crippen LogP contribution is -2.23. The molecule has 2 heterocycles. The van der Waals surface area contributed by atoms with Crippen molar-refractivity contribution in [3.8, 4) is 5.75 Å². The number of hydrogen-bond acceptors (Lipinski definition) is 6. The van der Waals surface area contributed by atoms with Crippen LogP contribution in [0.2, 0.25) is 0 Å². The first-order valence-corrected chi connectivity index (χ1v) is 8.52. The van der Waals surface area contributed by atoms with Gasteiger partial charge in [-0.05, 0) is 47.7 Å². The summed E-state index contributed by atoms with van der Waals surface area (Å²) in [5.41, 5.74) is 1.93. The quantitative estimate of drug-likeness (QED) is 0.804. The molecule has 1 saturated heterocycles. The first-order chi connectivity index (χ1) is 12.1. The number of anilines is 1. The Kier molecular flexibility index (Phi) is 5.35. The van der Waals surface area contributed by atoms with Crippen molar-refractivity contribution in [3.63, 3.8) is 0 Å². The highest BCUT2D eigenvalue weighted by atomic mass is 32.2. The van der Waals surface area contributed by atoms with Crippen LogP contribution in [0.15, 0.2) is 53.7 Å². The van der Waals surface area contributed by atoms with E-state index in [0.717, 1.165) is 35.3 Å². The monoisotopic (exact) mass is 355 g/mol. The lowest BCUT2D eigenvalue weighted by Gasteiger charge is -2.19. The van der Waals surface area contributed by atoms with E-state index >= 15 is 0 Å². The maximum atomic E-state index is 11.5. The molecule has 0 aliphatic carbocycles. The summed E-state index contributed by atoms with van der Waals surface area (Å²) in [5.74, 6) is 0.402. The van der Waals surface area contributed by atoms with E-state index in [0.29, 0.717) is 11.5 Å². The predicted octanol–water partition coefficient (Wildman–Crippen LogP) is 2.92. The molecule has 2 aromatic rings. The van der Waals surface area contributed by atoms with Crippen molar-refractivity contribution >= 4 is 34.7 Å². The molecule has 1 aliphatic rings. The van der Waals surface area contributed by atoms with Crippen LogP contribution in [-0.2, 0) is 4.79 Å². The van der Waals surface area contributed by atoms with Crippen LogP contribution in [0, 0.1) is 0 Å². The second-order valence-electron chi connectivity index (χ2n) is 5.40. The fourth-order valence-electron chi connectivity index (χ4n) is 2.26. The van der Waals surface area contributed by atoms with Crippen LogP contribution in [0.5, 0.6) is 5.75 Å². The second-order valence-corrected chi connectivity index (χ2v) is 6.41. The van der Waals surface area contributed by atoms with Gasteiger partial charge < -0.3 is 9.64 Å². The predicted molar refractivity (Wildman–Crippen MR) is 98.6 cm³/mol. The number of carbonyl (C=O) groups excluding carboxylic acids is 2. The molecule has 0 bridgehead atoms. The molecule has 1 fully saturated rings. The average Bonchev–Trinajstić information content (AvgIpc) is 2.94. The average molecular weight is 355 g/mol. The maximum Gasteiger partial charge on any atom is 0.290 e. The van der Waals surface area contributed by atoms with Crippen LogP contribution in [0.25, 0.3) is 6.08 Å². The molecule has 0 radical (unpaired) electrons. The lowest BCUT2D eigenvalue weighted by atomic mass is 10.2. The maximum absolute atomic E-state index is 11.5. The Labute approximate surface area is 149 Å². The molecular weight excluding hydrogens is 338 g/mol. The van der Waals surface area contributed by atoms with Crippen molar-refractivity contribution in [2.75, 3.05) is 25.1 Å². The lowest BCUT2D eigenvalue weighted by molar-refractivity contribution is -0.115. The standard InChI is InChI=1S/C18H17N3O3S/c1-21(14-6-8-19-9-7-14)10-11-24-15-4-2-13(3-5-15)12-16-17(22)20-18(23)25-16/h2-9,12H,10-11H2,1H3,(H,20,22,23)/b16-12-. The second kappa shape index (κ2) is 7.85. The molecule has 0 unspecified atom stereocenters. The number of hydrogen-bond donors (Lipinski definition) is 1. The molecule has 3 rings (SSSR count). The highest BCUT2D eigenvalue weighted by Gasteiger charge is 2.24. The fourth-order valence-corrected chi connectivity index (χ4v) is 2.94. The number of pyridine rings is 1. The van der Waals surface area contributed by atoms with Crippen LogP contribution in [0.4, 0.5) is 10.5 Å². The Morgan fingerprint density at radius 1 is 1.16 bits per heavy atom. The van der Waals surface area contributed by atoms with Crippen molar-refractivity contribution in [2.24, 2.45) is 0 Å². The van der Waals surface area contributed by atoms with Crippen molar-refractivity contribution < 1.29 is 14.3 Å². The first-order valence-electron chi connectivity index (χ1n) is 7.71. The summed E-state index contributed by atoms with van der Waals surface area (Å²) in [4.78, 5) is 29.2. The summed E-state index contributed by atoms with van der Waals surface area (Å²) in [7, 11) is 2.00. The number of thioether (sulfide) groups is 1. The van der Waals surface area contributed by atoms with Crippen molar-refractivity contribution in [3.05, 3.63) is 59.3 Å². The van der Waals surface area contributed by atoms with Crippen LogP contribution in [0.1, 0.15) is 5.56 Å². The van der Waals surface area contributed by atoms with Gasteiger partial charge in [-0.2, -0.15) is 0 Å². The molecular formula is C18H17N3O3S. The zero-order valence-corrected chi connectivity index (χ0v) is 14.5. The Hall–Kier alpha value is -2.80. The zero-order chi connectivity index (χ0) is 17.6. The summed E-state index contributed by atoms with van der Waals surface area (Å²) in [6.07, 6.45) is 5.21. The van der Waals surface area contributed by atoms with E-state index in [1.54, 1.807) is 18.5 Å². The van der Waals surface area contributed by atoms with Gasteiger partial charge in [0.2, 0.25) is 0 Å². The number of nitrogens with zero attached hydrogens (tertiary/aromatic N) is 2. The number of benzene rings is 1. The SMILES string of the molecule is CN(CCOc1ccc(/C=C2\SC(=O)NC2=O)cc1)c1ccncc1. The molecule has 0 spiro atoms. The van der Waals surface area contributed by atoms with Gasteiger partial charge in [-0.1, -0.05) is 12.1 Å². The van der Waals surface area contributed by atoms with Gasteiger partial charge in [-0.3, -0.25) is 19.9 Å². The fraction of sp³-hybridized carbons (Fsp3) is 0.167. The Morgan fingerprint density at radius 3 is 2.52 bits per heavy atom. The van der Waals surface area contributed by atoms with Crippen LogP contribution in [0.3, 0.4) is 0 Å². The van der Waals surface area contributed by atoms with Gasteiger partial charge in [0.05, 0.1) is 11.4 Å².